The van der Waals surface area contributed by atoms with E-state index in [0.717, 1.165) is 47.5 Å². The van der Waals surface area contributed by atoms with Crippen LogP contribution < -0.4 is 16.2 Å². The molecule has 192 valence electrons. The van der Waals surface area contributed by atoms with E-state index < -0.39 is 0 Å². The summed E-state index contributed by atoms with van der Waals surface area (Å²) in [4.78, 5) is 36.1. The van der Waals surface area contributed by atoms with Crippen molar-refractivity contribution in [2.45, 2.75) is 65.1 Å². The van der Waals surface area contributed by atoms with E-state index in [1.165, 1.54) is 30.3 Å². The highest BCUT2D eigenvalue weighted by atomic mass is 35.5. The highest BCUT2D eigenvalue weighted by molar-refractivity contribution is 6.30. The summed E-state index contributed by atoms with van der Waals surface area (Å²) in [5.74, 6) is 0.799. The number of halogens is 1. The molecular formula is C27H35ClN6O2. The van der Waals surface area contributed by atoms with Gasteiger partial charge in [0, 0.05) is 42.8 Å². The number of piperidine rings is 1. The van der Waals surface area contributed by atoms with Crippen LogP contribution in [0.4, 0.5) is 5.82 Å². The topological polar surface area (TPSA) is 95.0 Å². The number of rotatable bonds is 9. The predicted molar refractivity (Wildman–Crippen MR) is 144 cm³/mol. The first-order valence-corrected chi connectivity index (χ1v) is 13.3. The summed E-state index contributed by atoms with van der Waals surface area (Å²) in [7, 11) is 0. The lowest BCUT2D eigenvalue weighted by Crippen LogP contribution is -2.45. The molecule has 0 radical (unpaired) electrons. The maximum atomic E-state index is 13.2. The predicted octanol–water partition coefficient (Wildman–Crippen LogP) is 3.99. The van der Waals surface area contributed by atoms with Gasteiger partial charge in [0.25, 0.3) is 5.56 Å². The first kappa shape index (κ1) is 24.8. The second kappa shape index (κ2) is 10.6. The number of carbonyl (C=O) groups is 1. The summed E-state index contributed by atoms with van der Waals surface area (Å²) in [5.41, 5.74) is 3.40. The molecule has 1 unspecified atom stereocenters. The zero-order valence-electron chi connectivity index (χ0n) is 21.1. The summed E-state index contributed by atoms with van der Waals surface area (Å²) in [6.07, 6.45) is 8.19. The van der Waals surface area contributed by atoms with Crippen molar-refractivity contribution in [1.29, 1.82) is 0 Å². The van der Waals surface area contributed by atoms with Crippen molar-refractivity contribution >= 4 is 34.2 Å². The van der Waals surface area contributed by atoms with E-state index >= 15 is 0 Å². The Morgan fingerprint density at radius 2 is 2.06 bits per heavy atom. The third-order valence-electron chi connectivity index (χ3n) is 7.55. The van der Waals surface area contributed by atoms with Crippen LogP contribution in [0.15, 0.2) is 29.2 Å². The van der Waals surface area contributed by atoms with Crippen molar-refractivity contribution in [3.8, 4) is 0 Å². The summed E-state index contributed by atoms with van der Waals surface area (Å²) in [6, 6.07) is 6.46. The first-order chi connectivity index (χ1) is 17.4. The fourth-order valence-electron chi connectivity index (χ4n) is 5.12. The lowest BCUT2D eigenvalue weighted by atomic mass is 10.0. The van der Waals surface area contributed by atoms with Gasteiger partial charge in [-0.25, -0.2) is 4.98 Å². The van der Waals surface area contributed by atoms with E-state index in [4.69, 9.17) is 11.6 Å². The van der Waals surface area contributed by atoms with E-state index in [1.807, 2.05) is 25.3 Å². The number of hydrogen-bond acceptors (Lipinski definition) is 5. The number of nitrogens with one attached hydrogen (secondary N) is 3. The molecule has 8 nitrogen and oxygen atoms in total. The van der Waals surface area contributed by atoms with Gasteiger partial charge in [-0.2, -0.15) is 0 Å². The van der Waals surface area contributed by atoms with E-state index in [1.54, 1.807) is 6.92 Å². The minimum atomic E-state index is -0.319. The van der Waals surface area contributed by atoms with E-state index in [0.29, 0.717) is 24.8 Å². The SMILES string of the molecule is Cc1c[nH]c2ccc(CNC(=O)Cn3c(C)c(Cl)nc(NCC4CCCCN4CC4CC4)c3=O)cc12. The van der Waals surface area contributed by atoms with Gasteiger partial charge in [-0.1, -0.05) is 24.1 Å². The normalized spacial score (nSPS) is 18.5. The number of aryl methyl sites for hydroxylation is 1. The van der Waals surface area contributed by atoms with Gasteiger partial charge in [0.2, 0.25) is 5.91 Å². The molecule has 36 heavy (non-hydrogen) atoms. The Balaban J connectivity index is 1.23. The van der Waals surface area contributed by atoms with Gasteiger partial charge in [0.1, 0.15) is 6.54 Å². The highest BCUT2D eigenvalue weighted by Gasteiger charge is 2.30. The molecule has 1 atom stereocenters. The molecule has 2 aromatic heterocycles. The molecule has 0 spiro atoms. The van der Waals surface area contributed by atoms with E-state index in [9.17, 15) is 9.59 Å². The highest BCUT2D eigenvalue weighted by Crippen LogP contribution is 2.32. The average molecular weight is 511 g/mol. The van der Waals surface area contributed by atoms with Crippen LogP contribution in [0.2, 0.25) is 5.15 Å². The number of amides is 1. The van der Waals surface area contributed by atoms with Crippen molar-refractivity contribution in [2.75, 3.05) is 25.0 Å². The first-order valence-electron chi connectivity index (χ1n) is 13.0. The van der Waals surface area contributed by atoms with Crippen LogP contribution in [0.5, 0.6) is 0 Å². The molecule has 9 heteroatoms. The number of H-pyrrole nitrogens is 1. The van der Waals surface area contributed by atoms with Crippen LogP contribution in [0, 0.1) is 19.8 Å². The largest absolute Gasteiger partial charge is 0.364 e. The van der Waals surface area contributed by atoms with Crippen LogP contribution in [0.25, 0.3) is 10.9 Å². The molecule has 0 bridgehead atoms. The lowest BCUT2D eigenvalue weighted by Gasteiger charge is -2.36. The van der Waals surface area contributed by atoms with Gasteiger partial charge in [-0.15, -0.1) is 0 Å². The molecule has 3 heterocycles. The minimum absolute atomic E-state index is 0.107. The number of benzene rings is 1. The maximum absolute atomic E-state index is 13.2. The van der Waals surface area contributed by atoms with E-state index in [-0.39, 0.29) is 29.0 Å². The van der Waals surface area contributed by atoms with Crippen molar-refractivity contribution < 1.29 is 4.79 Å². The number of aromatic nitrogens is 3. The molecule has 2 fully saturated rings. The molecular weight excluding hydrogens is 476 g/mol. The van der Waals surface area contributed by atoms with Crippen LogP contribution in [0.1, 0.15) is 48.9 Å². The molecule has 1 aliphatic heterocycles. The summed E-state index contributed by atoms with van der Waals surface area (Å²) in [6.45, 7) is 6.96. The molecule has 3 N–H and O–H groups in total. The molecule has 2 aliphatic rings. The molecule has 1 amide bonds. The Hall–Kier alpha value is -2.84. The van der Waals surface area contributed by atoms with Crippen molar-refractivity contribution in [3.63, 3.8) is 0 Å². The Kier molecular flexibility index (Phi) is 7.34. The van der Waals surface area contributed by atoms with Crippen molar-refractivity contribution in [3.05, 3.63) is 56.7 Å². The third kappa shape index (κ3) is 5.60. The van der Waals surface area contributed by atoms with Crippen molar-refractivity contribution in [2.24, 2.45) is 5.92 Å². The van der Waals surface area contributed by atoms with Crippen LogP contribution in [-0.4, -0.2) is 51.0 Å². The van der Waals surface area contributed by atoms with Gasteiger partial charge in [0.15, 0.2) is 11.0 Å². The van der Waals surface area contributed by atoms with Crippen LogP contribution >= 0.6 is 11.6 Å². The van der Waals surface area contributed by atoms with Crippen LogP contribution in [0.3, 0.4) is 0 Å². The average Bonchev–Trinajstić information content (AvgIpc) is 3.63. The standard InChI is InChI=1S/C27H35ClN6O2/c1-17-12-29-23-9-8-20(11-22(17)23)13-30-24(35)16-34-18(2)25(28)32-26(27(34)36)31-14-21-5-3-4-10-33(21)15-19-6-7-19/h8-9,11-12,19,21,29H,3-7,10,13-16H2,1-2H3,(H,30,35)(H,31,32). The Morgan fingerprint density at radius 1 is 1.22 bits per heavy atom. The molecule has 1 aromatic carbocycles. The van der Waals surface area contributed by atoms with Gasteiger partial charge in [-0.05, 0) is 75.3 Å². The number of likely N-dealkylation sites (tertiary alicyclic amines) is 1. The monoisotopic (exact) mass is 510 g/mol. The van der Waals surface area contributed by atoms with Crippen LogP contribution in [-0.2, 0) is 17.9 Å². The maximum Gasteiger partial charge on any atom is 0.294 e. The number of nitrogens with zero attached hydrogens (tertiary/aromatic N) is 3. The Bertz CT molecular complexity index is 1310. The number of anilines is 1. The van der Waals surface area contributed by atoms with E-state index in [2.05, 4.69) is 31.6 Å². The van der Waals surface area contributed by atoms with Gasteiger partial charge in [0.05, 0.1) is 5.69 Å². The second-order valence-electron chi connectivity index (χ2n) is 10.3. The quantitative estimate of drug-likeness (QED) is 0.404. The number of fused-ring (bicyclic) bond motifs is 1. The zero-order chi connectivity index (χ0) is 25.2. The fraction of sp³-hybridized carbons (Fsp3) is 0.519. The molecule has 1 aliphatic carbocycles. The minimum Gasteiger partial charge on any atom is -0.364 e. The molecule has 5 rings (SSSR count). The molecule has 1 saturated heterocycles. The molecule has 1 saturated carbocycles. The smallest absolute Gasteiger partial charge is 0.294 e. The van der Waals surface area contributed by atoms with Crippen molar-refractivity contribution in [1.82, 2.24) is 24.8 Å². The summed E-state index contributed by atoms with van der Waals surface area (Å²) in [5, 5.41) is 7.56. The number of carbonyl (C=O) groups excluding carboxylic acids is 1. The third-order valence-corrected chi connectivity index (χ3v) is 7.91. The molecule has 3 aromatic rings. The summed E-state index contributed by atoms with van der Waals surface area (Å²) < 4.78 is 1.41. The second-order valence-corrected chi connectivity index (χ2v) is 10.7. The van der Waals surface area contributed by atoms with Gasteiger partial charge >= 0.3 is 0 Å². The zero-order valence-corrected chi connectivity index (χ0v) is 21.8. The summed E-state index contributed by atoms with van der Waals surface area (Å²) >= 11 is 6.38. The number of aromatic amines is 1. The number of hydrogen-bond donors (Lipinski definition) is 3. The Labute approximate surface area is 216 Å². The lowest BCUT2D eigenvalue weighted by molar-refractivity contribution is -0.121. The fourth-order valence-corrected chi connectivity index (χ4v) is 5.31. The van der Waals surface area contributed by atoms with Gasteiger partial charge in [-0.3, -0.25) is 19.1 Å². The Morgan fingerprint density at radius 3 is 2.86 bits per heavy atom. The van der Waals surface area contributed by atoms with Gasteiger partial charge < -0.3 is 15.6 Å².